The van der Waals surface area contributed by atoms with Crippen molar-refractivity contribution in [3.05, 3.63) is 0 Å². The summed E-state index contributed by atoms with van der Waals surface area (Å²) < 4.78 is 6.14. The average Bonchev–Trinajstić information content (AvgIpc) is 2.31. The molecule has 1 aliphatic rings. The van der Waals surface area contributed by atoms with Gasteiger partial charge in [0, 0.05) is 12.6 Å². The van der Waals surface area contributed by atoms with E-state index in [0.29, 0.717) is 18.2 Å². The highest BCUT2D eigenvalue weighted by Gasteiger charge is 2.26. The van der Waals surface area contributed by atoms with E-state index in [9.17, 15) is 0 Å². The van der Waals surface area contributed by atoms with Crippen molar-refractivity contribution in [2.24, 2.45) is 11.8 Å². The molecule has 0 saturated heterocycles. The second-order valence-corrected chi connectivity index (χ2v) is 6.05. The van der Waals surface area contributed by atoms with Crippen LogP contribution in [0, 0.1) is 11.8 Å². The Kier molecular flexibility index (Phi) is 6.50. The minimum Gasteiger partial charge on any atom is -0.374 e. The Bertz CT molecular complexity index is 207. The number of ether oxygens (including phenoxy) is 1. The minimum absolute atomic E-state index is 0.342. The van der Waals surface area contributed by atoms with Crippen LogP contribution in [0.1, 0.15) is 60.3 Å². The van der Waals surface area contributed by atoms with Crippen molar-refractivity contribution >= 4 is 0 Å². The van der Waals surface area contributed by atoms with Crippen molar-refractivity contribution in [3.8, 4) is 0 Å². The van der Waals surface area contributed by atoms with Crippen LogP contribution in [-0.4, -0.2) is 24.8 Å². The van der Waals surface area contributed by atoms with Gasteiger partial charge in [-0.15, -0.1) is 0 Å². The van der Waals surface area contributed by atoms with Crippen LogP contribution in [0.25, 0.3) is 0 Å². The zero-order valence-corrected chi connectivity index (χ0v) is 12.3. The Morgan fingerprint density at radius 2 is 1.88 bits per heavy atom. The standard InChI is InChI=1S/C15H31NO/c1-6-13(4)16-10-14(5)17-15-8-7-11(2)12(3)9-15/h11-16H,6-10H2,1-5H3. The first kappa shape index (κ1) is 15.0. The van der Waals surface area contributed by atoms with Crippen LogP contribution in [0.4, 0.5) is 0 Å². The van der Waals surface area contributed by atoms with Crippen molar-refractivity contribution in [1.82, 2.24) is 5.32 Å². The fourth-order valence-electron chi connectivity index (χ4n) is 2.51. The molecule has 0 aromatic heterocycles. The first-order valence-electron chi connectivity index (χ1n) is 7.41. The Morgan fingerprint density at radius 3 is 2.47 bits per heavy atom. The molecule has 1 aliphatic carbocycles. The van der Waals surface area contributed by atoms with E-state index in [1.807, 2.05) is 0 Å². The zero-order valence-electron chi connectivity index (χ0n) is 12.3. The fourth-order valence-corrected chi connectivity index (χ4v) is 2.51. The van der Waals surface area contributed by atoms with Gasteiger partial charge in [0.1, 0.15) is 0 Å². The quantitative estimate of drug-likeness (QED) is 0.767. The molecular formula is C15H31NO. The third-order valence-corrected chi connectivity index (χ3v) is 4.34. The Hall–Kier alpha value is -0.0800. The molecule has 0 amide bonds. The van der Waals surface area contributed by atoms with Gasteiger partial charge in [-0.25, -0.2) is 0 Å². The normalized spacial score (nSPS) is 33.4. The van der Waals surface area contributed by atoms with Crippen molar-refractivity contribution in [3.63, 3.8) is 0 Å². The van der Waals surface area contributed by atoms with Crippen molar-refractivity contribution in [2.45, 2.75) is 78.6 Å². The van der Waals surface area contributed by atoms with Crippen LogP contribution in [0.2, 0.25) is 0 Å². The van der Waals surface area contributed by atoms with E-state index in [-0.39, 0.29) is 0 Å². The lowest BCUT2D eigenvalue weighted by Gasteiger charge is -2.33. The van der Waals surface area contributed by atoms with Crippen LogP contribution >= 0.6 is 0 Å². The summed E-state index contributed by atoms with van der Waals surface area (Å²) in [4.78, 5) is 0. The van der Waals surface area contributed by atoms with E-state index in [2.05, 4.69) is 39.9 Å². The van der Waals surface area contributed by atoms with Gasteiger partial charge in [-0.2, -0.15) is 0 Å². The van der Waals surface area contributed by atoms with Gasteiger partial charge < -0.3 is 10.1 Å². The lowest BCUT2D eigenvalue weighted by atomic mass is 9.80. The van der Waals surface area contributed by atoms with E-state index >= 15 is 0 Å². The van der Waals surface area contributed by atoms with Crippen LogP contribution in [-0.2, 0) is 4.74 Å². The zero-order chi connectivity index (χ0) is 12.8. The van der Waals surface area contributed by atoms with Gasteiger partial charge in [0.2, 0.25) is 0 Å². The Labute approximate surface area is 108 Å². The topological polar surface area (TPSA) is 21.3 Å². The second kappa shape index (κ2) is 7.38. The SMILES string of the molecule is CCC(C)NCC(C)OC1CCC(C)C(C)C1. The molecule has 2 heteroatoms. The smallest absolute Gasteiger partial charge is 0.0675 e. The van der Waals surface area contributed by atoms with Crippen LogP contribution in [0.5, 0.6) is 0 Å². The maximum absolute atomic E-state index is 6.14. The molecule has 0 heterocycles. The second-order valence-electron chi connectivity index (χ2n) is 6.05. The number of nitrogens with one attached hydrogen (secondary N) is 1. The van der Waals surface area contributed by atoms with Crippen LogP contribution in [0.15, 0.2) is 0 Å². The van der Waals surface area contributed by atoms with Gasteiger partial charge in [-0.3, -0.25) is 0 Å². The maximum atomic E-state index is 6.14. The molecule has 5 unspecified atom stereocenters. The van der Waals surface area contributed by atoms with Gasteiger partial charge in [0.05, 0.1) is 12.2 Å². The molecule has 1 rings (SSSR count). The Morgan fingerprint density at radius 1 is 1.18 bits per heavy atom. The predicted molar refractivity (Wildman–Crippen MR) is 74.3 cm³/mol. The first-order valence-corrected chi connectivity index (χ1v) is 7.41. The van der Waals surface area contributed by atoms with Gasteiger partial charge in [-0.05, 0) is 51.4 Å². The Balaban J connectivity index is 2.20. The molecule has 0 aromatic rings. The minimum atomic E-state index is 0.342. The van der Waals surface area contributed by atoms with Gasteiger partial charge in [0.25, 0.3) is 0 Å². The summed E-state index contributed by atoms with van der Waals surface area (Å²) in [6, 6.07) is 0.603. The van der Waals surface area contributed by atoms with E-state index < -0.39 is 0 Å². The van der Waals surface area contributed by atoms with Gasteiger partial charge in [-0.1, -0.05) is 20.8 Å². The summed E-state index contributed by atoms with van der Waals surface area (Å²) in [5.41, 5.74) is 0. The molecule has 0 spiro atoms. The van der Waals surface area contributed by atoms with E-state index in [1.165, 1.54) is 25.7 Å². The monoisotopic (exact) mass is 241 g/mol. The van der Waals surface area contributed by atoms with Crippen LogP contribution < -0.4 is 5.32 Å². The predicted octanol–water partition coefficient (Wildman–Crippen LogP) is 3.60. The molecule has 0 bridgehead atoms. The molecule has 102 valence electrons. The molecule has 0 aromatic carbocycles. The van der Waals surface area contributed by atoms with E-state index in [0.717, 1.165) is 18.4 Å². The van der Waals surface area contributed by atoms with Crippen LogP contribution in [0.3, 0.4) is 0 Å². The highest BCUT2D eigenvalue weighted by Crippen LogP contribution is 2.31. The number of hydrogen-bond donors (Lipinski definition) is 1. The highest BCUT2D eigenvalue weighted by molar-refractivity contribution is 4.76. The van der Waals surface area contributed by atoms with Crippen molar-refractivity contribution < 1.29 is 4.74 Å². The lowest BCUT2D eigenvalue weighted by molar-refractivity contribution is -0.0390. The van der Waals surface area contributed by atoms with E-state index in [1.54, 1.807) is 0 Å². The highest BCUT2D eigenvalue weighted by atomic mass is 16.5. The average molecular weight is 241 g/mol. The summed E-state index contributed by atoms with van der Waals surface area (Å²) in [6.07, 6.45) is 5.85. The van der Waals surface area contributed by atoms with E-state index in [4.69, 9.17) is 4.74 Å². The maximum Gasteiger partial charge on any atom is 0.0675 e. The molecule has 5 atom stereocenters. The van der Waals surface area contributed by atoms with Crippen molar-refractivity contribution in [2.75, 3.05) is 6.54 Å². The number of rotatable bonds is 6. The summed E-state index contributed by atoms with van der Waals surface area (Å²) >= 11 is 0. The summed E-state index contributed by atoms with van der Waals surface area (Å²) in [5, 5.41) is 3.52. The lowest BCUT2D eigenvalue weighted by Crippen LogP contribution is -2.37. The van der Waals surface area contributed by atoms with Gasteiger partial charge >= 0.3 is 0 Å². The molecule has 1 saturated carbocycles. The molecular weight excluding hydrogens is 210 g/mol. The molecule has 0 aliphatic heterocycles. The third kappa shape index (κ3) is 5.39. The summed E-state index contributed by atoms with van der Waals surface area (Å²) in [5.74, 6) is 1.70. The first-order chi connectivity index (χ1) is 8.02. The summed E-state index contributed by atoms with van der Waals surface area (Å²) in [7, 11) is 0. The summed E-state index contributed by atoms with van der Waals surface area (Å²) in [6.45, 7) is 12.4. The molecule has 1 N–H and O–H groups in total. The van der Waals surface area contributed by atoms with Gasteiger partial charge in [0.15, 0.2) is 0 Å². The third-order valence-electron chi connectivity index (χ3n) is 4.34. The number of hydrogen-bond acceptors (Lipinski definition) is 2. The largest absolute Gasteiger partial charge is 0.374 e. The molecule has 17 heavy (non-hydrogen) atoms. The molecule has 1 fully saturated rings. The molecule has 2 nitrogen and oxygen atoms in total. The van der Waals surface area contributed by atoms with Crippen molar-refractivity contribution in [1.29, 1.82) is 0 Å². The fraction of sp³-hybridized carbons (Fsp3) is 1.00. The molecule has 0 radical (unpaired) electrons.